The molecule has 0 aromatic heterocycles. The lowest BCUT2D eigenvalue weighted by Gasteiger charge is -2.17. The molecule has 1 rings (SSSR count). The first-order valence-electron chi connectivity index (χ1n) is 6.62. The van der Waals surface area contributed by atoms with Crippen LogP contribution in [0, 0.1) is 10.1 Å². The minimum absolute atomic E-state index is 0.000832. The van der Waals surface area contributed by atoms with Gasteiger partial charge in [-0.2, -0.15) is 0 Å². The Morgan fingerprint density at radius 3 is 2.75 bits per heavy atom. The van der Waals surface area contributed by atoms with Crippen LogP contribution in [-0.4, -0.2) is 41.0 Å². The standard InChI is InChI=1S/C14H20N2O4/c1-15(8-3-2-4-9-17)14(18)11-12-6-5-7-13(10-12)16(19)20/h5-7,10,17H,2-4,8-9,11H2,1H3. The number of nitro groups is 1. The van der Waals surface area contributed by atoms with Crippen molar-refractivity contribution in [2.45, 2.75) is 25.7 Å². The summed E-state index contributed by atoms with van der Waals surface area (Å²) in [5.74, 6) is -0.0607. The van der Waals surface area contributed by atoms with Crippen LogP contribution in [0.5, 0.6) is 0 Å². The fourth-order valence-corrected chi connectivity index (χ4v) is 1.85. The maximum absolute atomic E-state index is 12.0. The summed E-state index contributed by atoms with van der Waals surface area (Å²) in [6.45, 7) is 0.805. The Kier molecular flexibility index (Phi) is 6.66. The molecule has 0 fully saturated rings. The van der Waals surface area contributed by atoms with Gasteiger partial charge in [0.1, 0.15) is 0 Å². The monoisotopic (exact) mass is 280 g/mol. The van der Waals surface area contributed by atoms with Crippen molar-refractivity contribution in [3.05, 3.63) is 39.9 Å². The summed E-state index contributed by atoms with van der Waals surface area (Å²) >= 11 is 0. The van der Waals surface area contributed by atoms with E-state index in [1.54, 1.807) is 24.1 Å². The highest BCUT2D eigenvalue weighted by Gasteiger charge is 2.12. The van der Waals surface area contributed by atoms with Gasteiger partial charge in [-0.05, 0) is 24.8 Å². The van der Waals surface area contributed by atoms with E-state index in [0.717, 1.165) is 19.3 Å². The number of benzene rings is 1. The molecule has 0 radical (unpaired) electrons. The maximum Gasteiger partial charge on any atom is 0.269 e. The molecule has 0 aliphatic heterocycles. The summed E-state index contributed by atoms with van der Waals surface area (Å²) in [6, 6.07) is 6.14. The Morgan fingerprint density at radius 1 is 1.35 bits per heavy atom. The number of carbonyl (C=O) groups excluding carboxylic acids is 1. The average Bonchev–Trinajstić information content (AvgIpc) is 2.43. The van der Waals surface area contributed by atoms with E-state index in [2.05, 4.69) is 0 Å². The Labute approximate surface area is 118 Å². The topological polar surface area (TPSA) is 83.7 Å². The molecule has 0 bridgehead atoms. The van der Waals surface area contributed by atoms with Crippen LogP contribution in [0.2, 0.25) is 0 Å². The minimum atomic E-state index is -0.466. The second kappa shape index (κ2) is 8.27. The summed E-state index contributed by atoms with van der Waals surface area (Å²) in [6.07, 6.45) is 2.63. The van der Waals surface area contributed by atoms with Crippen LogP contribution in [0.4, 0.5) is 5.69 Å². The Morgan fingerprint density at radius 2 is 2.10 bits per heavy atom. The fraction of sp³-hybridized carbons (Fsp3) is 0.500. The van der Waals surface area contributed by atoms with Crippen LogP contribution in [-0.2, 0) is 11.2 Å². The number of carbonyl (C=O) groups is 1. The van der Waals surface area contributed by atoms with Crippen molar-refractivity contribution in [2.24, 2.45) is 0 Å². The van der Waals surface area contributed by atoms with Gasteiger partial charge in [0.05, 0.1) is 11.3 Å². The van der Waals surface area contributed by atoms with Gasteiger partial charge in [0.25, 0.3) is 5.69 Å². The maximum atomic E-state index is 12.0. The number of non-ortho nitro benzene ring substituents is 1. The molecule has 0 aliphatic carbocycles. The Hall–Kier alpha value is -1.95. The fourth-order valence-electron chi connectivity index (χ4n) is 1.85. The van der Waals surface area contributed by atoms with E-state index in [1.807, 2.05) is 0 Å². The quantitative estimate of drug-likeness (QED) is 0.447. The van der Waals surface area contributed by atoms with Crippen LogP contribution >= 0.6 is 0 Å². The first-order valence-corrected chi connectivity index (χ1v) is 6.62. The van der Waals surface area contributed by atoms with Crippen molar-refractivity contribution < 1.29 is 14.8 Å². The molecule has 0 saturated heterocycles. The zero-order valence-electron chi connectivity index (χ0n) is 11.6. The third-order valence-corrected chi connectivity index (χ3v) is 3.05. The first kappa shape index (κ1) is 16.1. The van der Waals surface area contributed by atoms with Gasteiger partial charge in [-0.1, -0.05) is 12.1 Å². The zero-order valence-corrected chi connectivity index (χ0v) is 11.6. The third-order valence-electron chi connectivity index (χ3n) is 3.05. The predicted molar refractivity (Wildman–Crippen MR) is 75.4 cm³/mol. The highest BCUT2D eigenvalue weighted by molar-refractivity contribution is 5.78. The molecule has 0 saturated carbocycles. The average molecular weight is 280 g/mol. The number of likely N-dealkylation sites (N-methyl/N-ethyl adjacent to an activating group) is 1. The van der Waals surface area contributed by atoms with Gasteiger partial charge in [-0.15, -0.1) is 0 Å². The second-order valence-electron chi connectivity index (χ2n) is 4.70. The van der Waals surface area contributed by atoms with Crippen LogP contribution in [0.3, 0.4) is 0 Å². The number of hydrogen-bond acceptors (Lipinski definition) is 4. The minimum Gasteiger partial charge on any atom is -0.396 e. The molecule has 0 spiro atoms. The van der Waals surface area contributed by atoms with Crippen LogP contribution in [0.25, 0.3) is 0 Å². The summed E-state index contributed by atoms with van der Waals surface area (Å²) in [7, 11) is 1.72. The predicted octanol–water partition coefficient (Wildman–Crippen LogP) is 1.76. The van der Waals surface area contributed by atoms with Crippen molar-refractivity contribution in [2.75, 3.05) is 20.2 Å². The van der Waals surface area contributed by atoms with Crippen LogP contribution < -0.4 is 0 Å². The number of aliphatic hydroxyl groups is 1. The molecule has 110 valence electrons. The Bertz CT molecular complexity index is 462. The number of rotatable bonds is 8. The van der Waals surface area contributed by atoms with E-state index in [0.29, 0.717) is 12.1 Å². The van der Waals surface area contributed by atoms with Crippen molar-refractivity contribution in [1.82, 2.24) is 4.90 Å². The van der Waals surface area contributed by atoms with Crippen molar-refractivity contribution >= 4 is 11.6 Å². The Balaban J connectivity index is 2.48. The molecule has 6 nitrogen and oxygen atoms in total. The molecule has 0 aliphatic rings. The van der Waals surface area contributed by atoms with Gasteiger partial charge < -0.3 is 10.0 Å². The van der Waals surface area contributed by atoms with Crippen molar-refractivity contribution in [3.63, 3.8) is 0 Å². The van der Waals surface area contributed by atoms with E-state index in [9.17, 15) is 14.9 Å². The lowest BCUT2D eigenvalue weighted by Crippen LogP contribution is -2.29. The highest BCUT2D eigenvalue weighted by Crippen LogP contribution is 2.14. The summed E-state index contributed by atoms with van der Waals surface area (Å²) in [5.41, 5.74) is 0.646. The molecular weight excluding hydrogens is 260 g/mol. The SMILES string of the molecule is CN(CCCCCO)C(=O)Cc1cccc([N+](=O)[O-])c1. The molecule has 1 aromatic carbocycles. The van der Waals surface area contributed by atoms with Crippen molar-refractivity contribution in [3.8, 4) is 0 Å². The zero-order chi connectivity index (χ0) is 15.0. The van der Waals surface area contributed by atoms with Crippen molar-refractivity contribution in [1.29, 1.82) is 0 Å². The van der Waals surface area contributed by atoms with E-state index < -0.39 is 4.92 Å². The second-order valence-corrected chi connectivity index (χ2v) is 4.70. The van der Waals surface area contributed by atoms with Crippen LogP contribution in [0.1, 0.15) is 24.8 Å². The molecule has 1 N–H and O–H groups in total. The van der Waals surface area contributed by atoms with E-state index in [4.69, 9.17) is 5.11 Å². The normalized spacial score (nSPS) is 10.3. The number of nitrogens with zero attached hydrogens (tertiary/aromatic N) is 2. The van der Waals surface area contributed by atoms with E-state index in [-0.39, 0.29) is 24.6 Å². The third kappa shape index (κ3) is 5.36. The molecule has 0 atom stereocenters. The summed E-state index contributed by atoms with van der Waals surface area (Å²) in [5, 5.41) is 19.3. The van der Waals surface area contributed by atoms with Gasteiger partial charge in [-0.25, -0.2) is 0 Å². The van der Waals surface area contributed by atoms with E-state index >= 15 is 0 Å². The lowest BCUT2D eigenvalue weighted by molar-refractivity contribution is -0.384. The molecule has 0 heterocycles. The van der Waals surface area contributed by atoms with Gasteiger partial charge >= 0.3 is 0 Å². The number of hydrogen-bond donors (Lipinski definition) is 1. The number of amides is 1. The molecule has 0 unspecified atom stereocenters. The smallest absolute Gasteiger partial charge is 0.269 e. The highest BCUT2D eigenvalue weighted by atomic mass is 16.6. The summed E-state index contributed by atoms with van der Waals surface area (Å²) < 4.78 is 0. The molecule has 6 heteroatoms. The number of aliphatic hydroxyl groups excluding tert-OH is 1. The van der Waals surface area contributed by atoms with Gasteiger partial charge in [0.2, 0.25) is 5.91 Å². The first-order chi connectivity index (χ1) is 9.54. The van der Waals surface area contributed by atoms with Crippen LogP contribution in [0.15, 0.2) is 24.3 Å². The largest absolute Gasteiger partial charge is 0.396 e. The lowest BCUT2D eigenvalue weighted by atomic mass is 10.1. The van der Waals surface area contributed by atoms with Gasteiger partial charge in [0.15, 0.2) is 0 Å². The van der Waals surface area contributed by atoms with E-state index in [1.165, 1.54) is 12.1 Å². The molecule has 20 heavy (non-hydrogen) atoms. The molecular formula is C14H20N2O4. The number of unbranched alkanes of at least 4 members (excludes halogenated alkanes) is 2. The molecule has 1 amide bonds. The summed E-state index contributed by atoms with van der Waals surface area (Å²) in [4.78, 5) is 23.8. The van der Waals surface area contributed by atoms with Gasteiger partial charge in [-0.3, -0.25) is 14.9 Å². The molecule has 1 aromatic rings. The van der Waals surface area contributed by atoms with Gasteiger partial charge in [0, 0.05) is 32.3 Å². The number of nitro benzene ring substituents is 1.